The zero-order chi connectivity index (χ0) is 19.4. The first-order chi connectivity index (χ1) is 13.0. The second-order valence-corrected chi connectivity index (χ2v) is 6.56. The van der Waals surface area contributed by atoms with Gasteiger partial charge < -0.3 is 9.47 Å². The van der Waals surface area contributed by atoms with Gasteiger partial charge in [0, 0.05) is 5.02 Å². The highest BCUT2D eigenvalue weighted by molar-refractivity contribution is 6.35. The Bertz CT molecular complexity index is 1050. The first-order valence-electron chi connectivity index (χ1n) is 8.15. The van der Waals surface area contributed by atoms with Crippen LogP contribution in [0.3, 0.4) is 0 Å². The number of benzene rings is 2. The SMILES string of the molecule is Cc1nc2ccccc2c(=O)n1CCOC(=O)COc1ccc(Cl)cc1Cl. The molecule has 0 unspecified atom stereocenters. The summed E-state index contributed by atoms with van der Waals surface area (Å²) >= 11 is 11.8. The number of hydrogen-bond donors (Lipinski definition) is 0. The van der Waals surface area contributed by atoms with Crippen LogP contribution in [0.2, 0.25) is 10.0 Å². The largest absolute Gasteiger partial charge is 0.480 e. The van der Waals surface area contributed by atoms with Crippen LogP contribution < -0.4 is 10.3 Å². The molecule has 0 saturated carbocycles. The number of halogens is 2. The van der Waals surface area contributed by atoms with E-state index in [0.717, 1.165) is 0 Å². The highest BCUT2D eigenvalue weighted by Gasteiger charge is 2.10. The van der Waals surface area contributed by atoms with E-state index in [2.05, 4.69) is 4.98 Å². The summed E-state index contributed by atoms with van der Waals surface area (Å²) in [4.78, 5) is 28.8. The summed E-state index contributed by atoms with van der Waals surface area (Å²) in [6.45, 7) is 1.67. The Balaban J connectivity index is 1.57. The van der Waals surface area contributed by atoms with Crippen molar-refractivity contribution in [3.8, 4) is 5.75 Å². The van der Waals surface area contributed by atoms with Crippen LogP contribution in [0.15, 0.2) is 47.3 Å². The number of carbonyl (C=O) groups excluding carboxylic acids is 1. The number of esters is 1. The van der Waals surface area contributed by atoms with E-state index in [1.165, 1.54) is 10.6 Å². The van der Waals surface area contributed by atoms with E-state index in [4.69, 9.17) is 32.7 Å². The Hall–Kier alpha value is -2.57. The fourth-order valence-corrected chi connectivity index (χ4v) is 3.03. The number of nitrogens with zero attached hydrogens (tertiary/aromatic N) is 2. The van der Waals surface area contributed by atoms with Gasteiger partial charge in [0.15, 0.2) is 6.61 Å². The van der Waals surface area contributed by atoms with Crippen LogP contribution >= 0.6 is 23.2 Å². The Kier molecular flexibility index (Phi) is 5.98. The molecule has 1 aromatic heterocycles. The molecular weight excluding hydrogens is 391 g/mol. The van der Waals surface area contributed by atoms with Crippen LogP contribution in [0, 0.1) is 6.92 Å². The molecule has 0 saturated heterocycles. The minimum absolute atomic E-state index is 0.0251. The van der Waals surface area contributed by atoms with Crippen molar-refractivity contribution in [2.45, 2.75) is 13.5 Å². The first-order valence-corrected chi connectivity index (χ1v) is 8.91. The van der Waals surface area contributed by atoms with Crippen LogP contribution in [0.4, 0.5) is 0 Å². The van der Waals surface area contributed by atoms with E-state index in [-0.39, 0.29) is 25.3 Å². The van der Waals surface area contributed by atoms with Crippen molar-refractivity contribution in [1.29, 1.82) is 0 Å². The van der Waals surface area contributed by atoms with E-state index in [0.29, 0.717) is 32.5 Å². The van der Waals surface area contributed by atoms with Crippen LogP contribution in [-0.4, -0.2) is 28.7 Å². The number of para-hydroxylation sites is 1. The monoisotopic (exact) mass is 406 g/mol. The van der Waals surface area contributed by atoms with Gasteiger partial charge in [-0.05, 0) is 37.3 Å². The summed E-state index contributed by atoms with van der Waals surface area (Å²) in [5.41, 5.74) is 0.472. The summed E-state index contributed by atoms with van der Waals surface area (Å²) in [5, 5.41) is 1.30. The molecule has 2 aromatic carbocycles. The molecule has 8 heteroatoms. The fraction of sp³-hybridized carbons (Fsp3) is 0.211. The maximum absolute atomic E-state index is 12.5. The molecular formula is C19H16Cl2N2O4. The highest BCUT2D eigenvalue weighted by Crippen LogP contribution is 2.27. The summed E-state index contributed by atoms with van der Waals surface area (Å²) in [6.07, 6.45) is 0. The van der Waals surface area contributed by atoms with Crippen LogP contribution in [0.25, 0.3) is 10.9 Å². The van der Waals surface area contributed by atoms with E-state index >= 15 is 0 Å². The maximum Gasteiger partial charge on any atom is 0.344 e. The molecule has 0 radical (unpaired) electrons. The minimum atomic E-state index is -0.569. The predicted octanol–water partition coefficient (Wildman–Crippen LogP) is 3.63. The molecule has 27 heavy (non-hydrogen) atoms. The average molecular weight is 407 g/mol. The van der Waals surface area contributed by atoms with Gasteiger partial charge in [-0.1, -0.05) is 35.3 Å². The smallest absolute Gasteiger partial charge is 0.344 e. The summed E-state index contributed by atoms with van der Waals surface area (Å²) in [5.74, 6) is 0.322. The van der Waals surface area contributed by atoms with Crippen molar-refractivity contribution >= 4 is 40.1 Å². The average Bonchev–Trinajstić information content (AvgIpc) is 2.63. The zero-order valence-corrected chi connectivity index (χ0v) is 16.0. The van der Waals surface area contributed by atoms with Gasteiger partial charge in [-0.3, -0.25) is 9.36 Å². The van der Waals surface area contributed by atoms with Crippen molar-refractivity contribution < 1.29 is 14.3 Å². The molecule has 0 spiro atoms. The van der Waals surface area contributed by atoms with Crippen molar-refractivity contribution in [3.05, 3.63) is 68.7 Å². The number of carbonyl (C=O) groups is 1. The molecule has 0 aliphatic rings. The molecule has 0 atom stereocenters. The van der Waals surface area contributed by atoms with E-state index in [1.807, 2.05) is 6.07 Å². The van der Waals surface area contributed by atoms with Crippen molar-refractivity contribution in [2.75, 3.05) is 13.2 Å². The summed E-state index contributed by atoms with van der Waals surface area (Å²) in [7, 11) is 0. The molecule has 0 aliphatic carbocycles. The van der Waals surface area contributed by atoms with Gasteiger partial charge in [0.1, 0.15) is 18.2 Å². The third-order valence-corrected chi connectivity index (χ3v) is 4.40. The zero-order valence-electron chi connectivity index (χ0n) is 14.4. The molecule has 0 fully saturated rings. The Morgan fingerprint density at radius 3 is 2.74 bits per heavy atom. The van der Waals surface area contributed by atoms with E-state index < -0.39 is 5.97 Å². The first kappa shape index (κ1) is 19.2. The van der Waals surface area contributed by atoms with Gasteiger partial charge in [0.05, 0.1) is 22.5 Å². The Morgan fingerprint density at radius 2 is 1.96 bits per heavy atom. The lowest BCUT2D eigenvalue weighted by atomic mass is 10.2. The van der Waals surface area contributed by atoms with Crippen molar-refractivity contribution in [2.24, 2.45) is 0 Å². The minimum Gasteiger partial charge on any atom is -0.480 e. The van der Waals surface area contributed by atoms with Gasteiger partial charge in [-0.15, -0.1) is 0 Å². The molecule has 140 valence electrons. The van der Waals surface area contributed by atoms with E-state index in [1.54, 1.807) is 37.3 Å². The Labute approximate surface area is 165 Å². The molecule has 0 bridgehead atoms. The third kappa shape index (κ3) is 4.59. The lowest BCUT2D eigenvalue weighted by molar-refractivity contribution is -0.146. The molecule has 0 aliphatic heterocycles. The number of rotatable bonds is 6. The number of ether oxygens (including phenoxy) is 2. The van der Waals surface area contributed by atoms with Crippen LogP contribution in [-0.2, 0) is 16.1 Å². The van der Waals surface area contributed by atoms with Gasteiger partial charge in [-0.2, -0.15) is 0 Å². The van der Waals surface area contributed by atoms with Crippen molar-refractivity contribution in [1.82, 2.24) is 9.55 Å². The van der Waals surface area contributed by atoms with Crippen molar-refractivity contribution in [3.63, 3.8) is 0 Å². The number of hydrogen-bond acceptors (Lipinski definition) is 5. The maximum atomic E-state index is 12.5. The summed E-state index contributed by atoms with van der Waals surface area (Å²) in [6, 6.07) is 11.8. The normalized spacial score (nSPS) is 10.8. The molecule has 0 N–H and O–H groups in total. The van der Waals surface area contributed by atoms with E-state index in [9.17, 15) is 9.59 Å². The number of aromatic nitrogens is 2. The standard InChI is InChI=1S/C19H16Cl2N2O4/c1-12-22-16-5-3-2-4-14(16)19(25)23(12)8-9-26-18(24)11-27-17-7-6-13(20)10-15(17)21/h2-7,10H,8-9,11H2,1H3. The molecule has 6 nitrogen and oxygen atoms in total. The van der Waals surface area contributed by atoms with Gasteiger partial charge in [0.2, 0.25) is 0 Å². The second kappa shape index (κ2) is 8.41. The molecule has 1 heterocycles. The molecule has 0 amide bonds. The molecule has 3 rings (SSSR count). The lowest BCUT2D eigenvalue weighted by Gasteiger charge is -2.12. The van der Waals surface area contributed by atoms with Gasteiger partial charge in [-0.25, -0.2) is 9.78 Å². The highest BCUT2D eigenvalue weighted by atomic mass is 35.5. The van der Waals surface area contributed by atoms with Gasteiger partial charge in [0.25, 0.3) is 5.56 Å². The lowest BCUT2D eigenvalue weighted by Crippen LogP contribution is -2.27. The predicted molar refractivity (Wildman–Crippen MR) is 104 cm³/mol. The van der Waals surface area contributed by atoms with Crippen LogP contribution in [0.5, 0.6) is 5.75 Å². The molecule has 3 aromatic rings. The fourth-order valence-electron chi connectivity index (χ4n) is 2.56. The number of aryl methyl sites for hydroxylation is 1. The third-order valence-electron chi connectivity index (χ3n) is 3.87. The van der Waals surface area contributed by atoms with Crippen LogP contribution in [0.1, 0.15) is 5.82 Å². The van der Waals surface area contributed by atoms with Gasteiger partial charge >= 0.3 is 5.97 Å². The number of fused-ring (bicyclic) bond motifs is 1. The quantitative estimate of drug-likeness (QED) is 0.584. The topological polar surface area (TPSA) is 70.4 Å². The second-order valence-electron chi connectivity index (χ2n) is 5.72. The summed E-state index contributed by atoms with van der Waals surface area (Å²) < 4.78 is 11.9. The Morgan fingerprint density at radius 1 is 1.19 bits per heavy atom.